The number of amides is 1. The van der Waals surface area contributed by atoms with Gasteiger partial charge in [0.2, 0.25) is 5.89 Å². The number of oxazole rings is 1. The number of anilines is 1. The lowest BCUT2D eigenvalue weighted by molar-refractivity contribution is 0.0977. The van der Waals surface area contributed by atoms with E-state index in [2.05, 4.69) is 15.6 Å². The predicted molar refractivity (Wildman–Crippen MR) is 130 cm³/mol. The van der Waals surface area contributed by atoms with Crippen LogP contribution in [0, 0.1) is 20.8 Å². The third-order valence-corrected chi connectivity index (χ3v) is 5.58. The lowest BCUT2D eigenvalue weighted by Crippen LogP contribution is -2.34. The molecule has 0 saturated heterocycles. The van der Waals surface area contributed by atoms with Gasteiger partial charge in [-0.2, -0.15) is 0 Å². The van der Waals surface area contributed by atoms with E-state index in [0.717, 1.165) is 22.2 Å². The number of carbonyl (C=O) groups is 1. The number of halogens is 1. The summed E-state index contributed by atoms with van der Waals surface area (Å²) in [5.41, 5.74) is 5.66. The Morgan fingerprint density at radius 2 is 1.84 bits per heavy atom. The molecule has 0 bridgehead atoms. The van der Waals surface area contributed by atoms with Crippen LogP contribution in [0.1, 0.15) is 27.0 Å². The quantitative estimate of drug-likeness (QED) is 0.257. The fourth-order valence-electron chi connectivity index (χ4n) is 3.35. The first kappa shape index (κ1) is 21.8. The molecule has 1 amide bonds. The number of fused-ring (bicyclic) bond motifs is 1. The number of nitrogens with zero attached hydrogens (tertiary/aromatic N) is 1. The van der Waals surface area contributed by atoms with Crippen LogP contribution in [0.15, 0.2) is 52.9 Å². The number of aryl methyl sites for hydroxylation is 3. The molecule has 1 heterocycles. The van der Waals surface area contributed by atoms with E-state index >= 15 is 0 Å². The first-order valence-corrected chi connectivity index (χ1v) is 10.6. The molecule has 0 aliphatic heterocycles. The number of aromatic nitrogens is 1. The second kappa shape index (κ2) is 8.61. The summed E-state index contributed by atoms with van der Waals surface area (Å²) >= 11 is 11.4. The van der Waals surface area contributed by atoms with Crippen LogP contribution in [-0.2, 0) is 0 Å². The highest BCUT2D eigenvalue weighted by Crippen LogP contribution is 2.34. The van der Waals surface area contributed by atoms with Crippen molar-refractivity contribution in [2.75, 3.05) is 5.32 Å². The van der Waals surface area contributed by atoms with Gasteiger partial charge in [-0.25, -0.2) is 4.98 Å². The summed E-state index contributed by atoms with van der Waals surface area (Å²) in [6, 6.07) is 13.8. The number of nitrogens with one attached hydrogen (secondary N) is 2. The molecule has 0 radical (unpaired) electrons. The van der Waals surface area contributed by atoms with Crippen molar-refractivity contribution in [2.24, 2.45) is 0 Å². The van der Waals surface area contributed by atoms with Crippen LogP contribution in [0.4, 0.5) is 5.69 Å². The molecule has 0 spiro atoms. The monoisotopic (exact) mass is 465 g/mol. The number of phenolic OH excluding ortho intramolecular Hbond substituents is 1. The molecule has 0 atom stereocenters. The number of carbonyl (C=O) groups excluding carboxylic acids is 1. The summed E-state index contributed by atoms with van der Waals surface area (Å²) in [6.07, 6.45) is 0. The molecular formula is C24H20ClN3O3S. The lowest BCUT2D eigenvalue weighted by atomic mass is 10.1. The zero-order valence-corrected chi connectivity index (χ0v) is 19.2. The largest absolute Gasteiger partial charge is 0.507 e. The predicted octanol–water partition coefficient (Wildman–Crippen LogP) is 5.91. The summed E-state index contributed by atoms with van der Waals surface area (Å²) in [7, 11) is 0. The number of hydrogen-bond acceptors (Lipinski definition) is 5. The van der Waals surface area contributed by atoms with Crippen LogP contribution in [0.2, 0.25) is 5.02 Å². The van der Waals surface area contributed by atoms with Crippen LogP contribution >= 0.6 is 23.8 Å². The van der Waals surface area contributed by atoms with Crippen molar-refractivity contribution in [1.82, 2.24) is 10.3 Å². The lowest BCUT2D eigenvalue weighted by Gasteiger charge is -2.11. The molecular weight excluding hydrogens is 446 g/mol. The Morgan fingerprint density at radius 3 is 2.59 bits per heavy atom. The van der Waals surface area contributed by atoms with Crippen LogP contribution in [0.25, 0.3) is 22.6 Å². The number of rotatable bonds is 3. The molecule has 6 nitrogen and oxygen atoms in total. The molecule has 1 aromatic heterocycles. The van der Waals surface area contributed by atoms with Crippen molar-refractivity contribution in [3.05, 3.63) is 75.8 Å². The molecule has 0 unspecified atom stereocenters. The van der Waals surface area contributed by atoms with Gasteiger partial charge in [-0.3, -0.25) is 10.1 Å². The third-order valence-electron chi connectivity index (χ3n) is 4.97. The average Bonchev–Trinajstić information content (AvgIpc) is 3.15. The maximum absolute atomic E-state index is 12.4. The average molecular weight is 466 g/mol. The third kappa shape index (κ3) is 4.44. The highest BCUT2D eigenvalue weighted by atomic mass is 35.5. The van der Waals surface area contributed by atoms with Crippen molar-refractivity contribution in [2.45, 2.75) is 20.8 Å². The molecule has 8 heteroatoms. The standard InChI is InChI=1S/C24H20ClN3O3S/c1-12-8-14(3)21-19(9-12)27-23(31-21)17-11-16(6-7-20(17)29)26-24(32)28-22(30)15-5-4-13(2)18(25)10-15/h4-11,29H,1-3H3,(H2,26,28,30,32). The van der Waals surface area contributed by atoms with E-state index in [4.69, 9.17) is 28.2 Å². The van der Waals surface area contributed by atoms with E-state index in [1.54, 1.807) is 30.3 Å². The van der Waals surface area contributed by atoms with Crippen molar-refractivity contribution in [3.8, 4) is 17.2 Å². The molecule has 3 aromatic carbocycles. The van der Waals surface area contributed by atoms with Gasteiger partial charge in [0.1, 0.15) is 11.3 Å². The van der Waals surface area contributed by atoms with Gasteiger partial charge >= 0.3 is 0 Å². The number of thiocarbonyl (C=S) groups is 1. The van der Waals surface area contributed by atoms with Gasteiger partial charge in [-0.05, 0) is 86.1 Å². The van der Waals surface area contributed by atoms with Crippen molar-refractivity contribution >= 4 is 51.6 Å². The molecule has 4 rings (SSSR count). The maximum Gasteiger partial charge on any atom is 0.257 e. The molecule has 162 valence electrons. The van der Waals surface area contributed by atoms with E-state index < -0.39 is 0 Å². The second-order valence-electron chi connectivity index (χ2n) is 7.55. The number of hydrogen-bond donors (Lipinski definition) is 3. The van der Waals surface area contributed by atoms with Crippen molar-refractivity contribution < 1.29 is 14.3 Å². The van der Waals surface area contributed by atoms with Gasteiger partial charge in [0.15, 0.2) is 10.7 Å². The Kier molecular flexibility index (Phi) is 5.86. The maximum atomic E-state index is 12.4. The van der Waals surface area contributed by atoms with Gasteiger partial charge in [0, 0.05) is 16.3 Å². The van der Waals surface area contributed by atoms with Gasteiger partial charge in [-0.15, -0.1) is 0 Å². The summed E-state index contributed by atoms with van der Waals surface area (Å²) in [5.74, 6) is -0.0759. The molecule has 4 aromatic rings. The first-order valence-electron chi connectivity index (χ1n) is 9.81. The van der Waals surface area contributed by atoms with E-state index in [9.17, 15) is 9.90 Å². The van der Waals surface area contributed by atoms with Gasteiger partial charge in [0.25, 0.3) is 5.91 Å². The number of benzene rings is 3. The zero-order chi connectivity index (χ0) is 23.0. The van der Waals surface area contributed by atoms with Crippen molar-refractivity contribution in [3.63, 3.8) is 0 Å². The topological polar surface area (TPSA) is 87.4 Å². The Labute approximate surface area is 195 Å². The molecule has 0 fully saturated rings. The van der Waals surface area contributed by atoms with E-state index in [0.29, 0.717) is 33.3 Å². The molecule has 0 aliphatic carbocycles. The zero-order valence-electron chi connectivity index (χ0n) is 17.6. The minimum Gasteiger partial charge on any atom is -0.507 e. The van der Waals surface area contributed by atoms with E-state index in [-0.39, 0.29) is 16.8 Å². The van der Waals surface area contributed by atoms with E-state index in [1.165, 1.54) is 6.07 Å². The van der Waals surface area contributed by atoms with Gasteiger partial charge < -0.3 is 14.8 Å². The fourth-order valence-corrected chi connectivity index (χ4v) is 3.74. The number of aromatic hydroxyl groups is 1. The Bertz CT molecular complexity index is 1380. The molecule has 32 heavy (non-hydrogen) atoms. The summed E-state index contributed by atoms with van der Waals surface area (Å²) < 4.78 is 5.91. The molecule has 0 saturated carbocycles. The highest BCUT2D eigenvalue weighted by molar-refractivity contribution is 7.80. The summed E-state index contributed by atoms with van der Waals surface area (Å²) in [6.45, 7) is 5.80. The summed E-state index contributed by atoms with van der Waals surface area (Å²) in [4.78, 5) is 17.0. The Balaban J connectivity index is 1.55. The summed E-state index contributed by atoms with van der Waals surface area (Å²) in [5, 5.41) is 16.5. The Morgan fingerprint density at radius 1 is 1.06 bits per heavy atom. The number of phenols is 1. The van der Waals surface area contributed by atoms with Crippen LogP contribution < -0.4 is 10.6 Å². The van der Waals surface area contributed by atoms with Gasteiger partial charge in [-0.1, -0.05) is 23.7 Å². The van der Waals surface area contributed by atoms with Gasteiger partial charge in [0.05, 0.1) is 5.56 Å². The molecule has 0 aliphatic rings. The smallest absolute Gasteiger partial charge is 0.257 e. The second-order valence-corrected chi connectivity index (χ2v) is 8.37. The minimum atomic E-state index is -0.381. The van der Waals surface area contributed by atoms with Crippen LogP contribution in [0.5, 0.6) is 5.75 Å². The van der Waals surface area contributed by atoms with Crippen molar-refractivity contribution in [1.29, 1.82) is 0 Å². The van der Waals surface area contributed by atoms with Crippen LogP contribution in [0.3, 0.4) is 0 Å². The minimum absolute atomic E-state index is 0.0146. The van der Waals surface area contributed by atoms with Crippen LogP contribution in [-0.4, -0.2) is 21.1 Å². The fraction of sp³-hybridized carbons (Fsp3) is 0.125. The highest BCUT2D eigenvalue weighted by Gasteiger charge is 2.16. The SMILES string of the molecule is Cc1cc(C)c2oc(-c3cc(NC(=S)NC(=O)c4ccc(C)c(Cl)c4)ccc3O)nc2c1. The normalized spacial score (nSPS) is 10.9. The van der Waals surface area contributed by atoms with E-state index in [1.807, 2.05) is 32.9 Å². The molecule has 3 N–H and O–H groups in total. The Hall–Kier alpha value is -3.42. The first-order chi connectivity index (χ1) is 15.2.